The highest BCUT2D eigenvalue weighted by atomic mass is 32.1. The van der Waals surface area contributed by atoms with Gasteiger partial charge in [0.1, 0.15) is 6.29 Å². The Hall–Kier alpha value is -1.76. The van der Waals surface area contributed by atoms with Gasteiger partial charge in [-0.3, -0.25) is 4.79 Å². The summed E-state index contributed by atoms with van der Waals surface area (Å²) in [6, 6.07) is -0.293. The fourth-order valence-electron chi connectivity index (χ4n) is 2.11. The van der Waals surface area contributed by atoms with Crippen LogP contribution in [0.1, 0.15) is 34.8 Å². The van der Waals surface area contributed by atoms with Crippen LogP contribution in [0.25, 0.3) is 0 Å². The lowest BCUT2D eigenvalue weighted by molar-refractivity contribution is -0.131. The zero-order valence-corrected chi connectivity index (χ0v) is 11.1. The summed E-state index contributed by atoms with van der Waals surface area (Å²) >= 11 is 1.30. The minimum atomic E-state index is -1.03. The number of carboxylic acid groups (broad SMARTS) is 1. The minimum absolute atomic E-state index is 0.0162. The maximum absolute atomic E-state index is 11.6. The standard InChI is InChI=1S/C12H14N2O4S/c15-6-8-3-4-11(16)14(8)5-1-2-10-13-9(7-19-10)12(17)18/h6-8H,1-5H2,(H,17,18)/t8-/m1/s1. The van der Waals surface area contributed by atoms with Gasteiger partial charge in [0.05, 0.1) is 11.0 Å². The van der Waals surface area contributed by atoms with E-state index in [1.54, 1.807) is 4.90 Å². The number of carbonyl (C=O) groups excluding carboxylic acids is 2. The van der Waals surface area contributed by atoms with Crippen molar-refractivity contribution in [2.24, 2.45) is 0 Å². The molecule has 1 N–H and O–H groups in total. The van der Waals surface area contributed by atoms with Gasteiger partial charge in [-0.05, 0) is 12.8 Å². The highest BCUT2D eigenvalue weighted by molar-refractivity contribution is 7.09. The number of carboxylic acids is 1. The van der Waals surface area contributed by atoms with Gasteiger partial charge >= 0.3 is 5.97 Å². The van der Waals surface area contributed by atoms with Gasteiger partial charge in [-0.1, -0.05) is 0 Å². The van der Waals surface area contributed by atoms with E-state index in [2.05, 4.69) is 4.98 Å². The van der Waals surface area contributed by atoms with Crippen molar-refractivity contribution < 1.29 is 19.5 Å². The molecule has 2 rings (SSSR count). The number of aryl methyl sites for hydroxylation is 1. The minimum Gasteiger partial charge on any atom is -0.476 e. The average molecular weight is 282 g/mol. The van der Waals surface area contributed by atoms with E-state index in [1.165, 1.54) is 16.7 Å². The van der Waals surface area contributed by atoms with Crippen molar-refractivity contribution in [3.05, 3.63) is 16.1 Å². The van der Waals surface area contributed by atoms with Gasteiger partial charge in [-0.2, -0.15) is 0 Å². The van der Waals surface area contributed by atoms with Crippen molar-refractivity contribution in [3.8, 4) is 0 Å². The monoisotopic (exact) mass is 282 g/mol. The molecule has 1 amide bonds. The van der Waals surface area contributed by atoms with Crippen LogP contribution in [0.15, 0.2) is 5.38 Å². The molecule has 6 nitrogen and oxygen atoms in total. The third-order valence-corrected chi connectivity index (χ3v) is 4.00. The first-order valence-corrected chi connectivity index (χ1v) is 6.92. The molecule has 0 radical (unpaired) electrons. The third-order valence-electron chi connectivity index (χ3n) is 3.09. The molecule has 0 saturated carbocycles. The van der Waals surface area contributed by atoms with E-state index in [0.717, 1.165) is 11.3 Å². The molecule has 7 heteroatoms. The summed E-state index contributed by atoms with van der Waals surface area (Å²) < 4.78 is 0. The molecule has 0 unspecified atom stereocenters. The molecule has 0 aromatic carbocycles. The van der Waals surface area contributed by atoms with E-state index in [9.17, 15) is 14.4 Å². The van der Waals surface area contributed by atoms with Crippen molar-refractivity contribution in [2.45, 2.75) is 31.7 Å². The first-order chi connectivity index (χ1) is 9.11. The van der Waals surface area contributed by atoms with Crippen LogP contribution in [0.3, 0.4) is 0 Å². The van der Waals surface area contributed by atoms with Gasteiger partial charge < -0.3 is 14.8 Å². The van der Waals surface area contributed by atoms with Gasteiger partial charge in [0, 0.05) is 24.8 Å². The Morgan fingerprint density at radius 1 is 1.63 bits per heavy atom. The lowest BCUT2D eigenvalue weighted by Gasteiger charge is -2.19. The van der Waals surface area contributed by atoms with E-state index < -0.39 is 5.97 Å². The van der Waals surface area contributed by atoms with E-state index in [-0.39, 0.29) is 17.6 Å². The maximum Gasteiger partial charge on any atom is 0.355 e. The number of aldehydes is 1. The zero-order chi connectivity index (χ0) is 13.8. The van der Waals surface area contributed by atoms with E-state index >= 15 is 0 Å². The number of aromatic carboxylic acids is 1. The highest BCUT2D eigenvalue weighted by Gasteiger charge is 2.29. The Labute approximate surface area is 114 Å². The zero-order valence-electron chi connectivity index (χ0n) is 10.2. The fraction of sp³-hybridized carbons (Fsp3) is 0.500. The second kappa shape index (κ2) is 5.92. The molecule has 0 spiro atoms. The lowest BCUT2D eigenvalue weighted by Crippen LogP contribution is -2.34. The normalized spacial score (nSPS) is 18.8. The van der Waals surface area contributed by atoms with E-state index in [1.807, 2.05) is 0 Å². The summed E-state index contributed by atoms with van der Waals surface area (Å²) in [6.45, 7) is 0.518. The van der Waals surface area contributed by atoms with Gasteiger partial charge in [-0.25, -0.2) is 9.78 Å². The summed E-state index contributed by atoms with van der Waals surface area (Å²) in [6.07, 6.45) is 3.15. The quantitative estimate of drug-likeness (QED) is 0.785. The topological polar surface area (TPSA) is 87.6 Å². The molecule has 1 aliphatic rings. The molecule has 1 saturated heterocycles. The van der Waals surface area contributed by atoms with Crippen LogP contribution in [0.4, 0.5) is 0 Å². The Morgan fingerprint density at radius 2 is 2.42 bits per heavy atom. The van der Waals surface area contributed by atoms with Crippen LogP contribution in [0.2, 0.25) is 0 Å². The smallest absolute Gasteiger partial charge is 0.355 e. The van der Waals surface area contributed by atoms with Crippen molar-refractivity contribution >= 4 is 29.5 Å². The van der Waals surface area contributed by atoms with Crippen LogP contribution in [-0.4, -0.2) is 45.7 Å². The van der Waals surface area contributed by atoms with E-state index in [4.69, 9.17) is 5.11 Å². The number of thiazole rings is 1. The molecular formula is C12H14N2O4S. The Morgan fingerprint density at radius 3 is 3.05 bits per heavy atom. The van der Waals surface area contributed by atoms with Gasteiger partial charge in [-0.15, -0.1) is 11.3 Å². The number of nitrogens with zero attached hydrogens (tertiary/aromatic N) is 2. The van der Waals surface area contributed by atoms with Gasteiger partial charge in [0.25, 0.3) is 0 Å². The summed E-state index contributed by atoms with van der Waals surface area (Å²) in [4.78, 5) is 38.6. The van der Waals surface area contributed by atoms with Crippen LogP contribution in [-0.2, 0) is 16.0 Å². The second-order valence-corrected chi connectivity index (χ2v) is 5.31. The van der Waals surface area contributed by atoms with Crippen molar-refractivity contribution in [3.63, 3.8) is 0 Å². The predicted molar refractivity (Wildman–Crippen MR) is 68.2 cm³/mol. The molecule has 0 bridgehead atoms. The van der Waals surface area contributed by atoms with Crippen molar-refractivity contribution in [2.75, 3.05) is 6.54 Å². The van der Waals surface area contributed by atoms with Crippen molar-refractivity contribution in [1.29, 1.82) is 0 Å². The summed E-state index contributed by atoms with van der Waals surface area (Å²) in [5.74, 6) is -1.01. The highest BCUT2D eigenvalue weighted by Crippen LogP contribution is 2.18. The van der Waals surface area contributed by atoms with Crippen LogP contribution >= 0.6 is 11.3 Å². The molecule has 0 aliphatic carbocycles. The molecule has 1 aromatic heterocycles. The SMILES string of the molecule is O=C[C@H]1CCC(=O)N1CCCc1nc(C(=O)O)cs1. The molecule has 1 fully saturated rings. The summed E-state index contributed by atoms with van der Waals surface area (Å²) in [5, 5.41) is 11.0. The number of likely N-dealkylation sites (tertiary alicyclic amines) is 1. The number of rotatable bonds is 6. The lowest BCUT2D eigenvalue weighted by atomic mass is 10.2. The average Bonchev–Trinajstić information content (AvgIpc) is 2.98. The molecule has 2 heterocycles. The fourth-order valence-corrected chi connectivity index (χ4v) is 2.93. The first-order valence-electron chi connectivity index (χ1n) is 6.04. The maximum atomic E-state index is 11.6. The number of hydrogen-bond acceptors (Lipinski definition) is 5. The van der Waals surface area contributed by atoms with Crippen LogP contribution in [0, 0.1) is 0 Å². The summed E-state index contributed by atoms with van der Waals surface area (Å²) in [7, 11) is 0. The van der Waals surface area contributed by atoms with Gasteiger partial charge in [0.15, 0.2) is 5.69 Å². The second-order valence-electron chi connectivity index (χ2n) is 4.36. The molecule has 1 aromatic rings. The summed E-state index contributed by atoms with van der Waals surface area (Å²) in [5.41, 5.74) is 0.0583. The van der Waals surface area contributed by atoms with Crippen molar-refractivity contribution in [1.82, 2.24) is 9.88 Å². The van der Waals surface area contributed by atoms with Crippen LogP contribution in [0.5, 0.6) is 0 Å². The number of amides is 1. The van der Waals surface area contributed by atoms with Gasteiger partial charge in [0.2, 0.25) is 5.91 Å². The molecule has 1 aliphatic heterocycles. The Bertz CT molecular complexity index is 500. The first kappa shape index (κ1) is 13.7. The number of carbonyl (C=O) groups is 3. The number of hydrogen-bond donors (Lipinski definition) is 1. The largest absolute Gasteiger partial charge is 0.476 e. The molecule has 1 atom stereocenters. The molecule has 19 heavy (non-hydrogen) atoms. The third kappa shape index (κ3) is 3.17. The Balaban J connectivity index is 1.84. The van der Waals surface area contributed by atoms with E-state index in [0.29, 0.717) is 32.2 Å². The molecule has 102 valence electrons. The molecular weight excluding hydrogens is 268 g/mol. The number of aromatic nitrogens is 1. The predicted octanol–water partition coefficient (Wildman–Crippen LogP) is 0.964. The van der Waals surface area contributed by atoms with Crippen LogP contribution < -0.4 is 0 Å². The Kier molecular flexibility index (Phi) is 4.26.